The number of anilines is 3. The van der Waals surface area contributed by atoms with Gasteiger partial charge in [0.2, 0.25) is 17.8 Å². The molecule has 0 amide bonds. The largest absolute Gasteiger partial charge is 0.368 e. The van der Waals surface area contributed by atoms with Crippen LogP contribution in [0.15, 0.2) is 0 Å². The Morgan fingerprint density at radius 2 is 1.74 bits per heavy atom. The van der Waals surface area contributed by atoms with E-state index < -0.39 is 0 Å². The van der Waals surface area contributed by atoms with Gasteiger partial charge in [0.25, 0.3) is 0 Å². The lowest BCUT2D eigenvalue weighted by Gasteiger charge is -2.20. The molecule has 19 heavy (non-hydrogen) atoms. The van der Waals surface area contributed by atoms with Crippen molar-refractivity contribution in [3.63, 3.8) is 0 Å². The van der Waals surface area contributed by atoms with Gasteiger partial charge in [-0.25, -0.2) is 0 Å². The van der Waals surface area contributed by atoms with Crippen LogP contribution in [0.5, 0.6) is 0 Å². The van der Waals surface area contributed by atoms with Crippen LogP contribution in [0.25, 0.3) is 0 Å². The number of aromatic nitrogens is 3. The van der Waals surface area contributed by atoms with E-state index in [1.54, 1.807) is 0 Å². The van der Waals surface area contributed by atoms with Crippen molar-refractivity contribution in [3.05, 3.63) is 0 Å². The fourth-order valence-corrected chi connectivity index (χ4v) is 1.66. The van der Waals surface area contributed by atoms with Crippen molar-refractivity contribution in [2.24, 2.45) is 5.41 Å². The van der Waals surface area contributed by atoms with Gasteiger partial charge in [-0.3, -0.25) is 0 Å². The molecule has 1 heterocycles. The van der Waals surface area contributed by atoms with Crippen LogP contribution in [-0.2, 0) is 0 Å². The van der Waals surface area contributed by atoms with Crippen LogP contribution in [0, 0.1) is 5.41 Å². The average molecular weight is 266 g/mol. The molecule has 0 aliphatic rings. The van der Waals surface area contributed by atoms with Crippen LogP contribution in [0.3, 0.4) is 0 Å². The van der Waals surface area contributed by atoms with Crippen molar-refractivity contribution in [1.29, 1.82) is 0 Å². The number of rotatable bonds is 6. The van der Waals surface area contributed by atoms with Crippen LogP contribution in [0.4, 0.5) is 17.8 Å². The van der Waals surface area contributed by atoms with Gasteiger partial charge in [0.1, 0.15) is 0 Å². The van der Waals surface area contributed by atoms with Gasteiger partial charge < -0.3 is 16.0 Å². The maximum Gasteiger partial charge on any atom is 0.231 e. The number of hydrogen-bond donors (Lipinski definition) is 2. The summed E-state index contributed by atoms with van der Waals surface area (Å²) in [6, 6.07) is 0. The number of nitrogens with two attached hydrogens (primary N) is 1. The van der Waals surface area contributed by atoms with Crippen LogP contribution < -0.4 is 16.0 Å². The standard InChI is InChI=1S/C13H26N6/c1-6-19(7-2)12-17-10(14)16-11(18-12)15-9-8-13(3,4)5/h6-9H2,1-5H3,(H3,14,15,16,17,18). The Hall–Kier alpha value is -1.59. The Morgan fingerprint density at radius 3 is 2.26 bits per heavy atom. The minimum absolute atomic E-state index is 0.259. The molecule has 108 valence electrons. The van der Waals surface area contributed by atoms with E-state index >= 15 is 0 Å². The average Bonchev–Trinajstić information content (AvgIpc) is 2.28. The summed E-state index contributed by atoms with van der Waals surface area (Å²) in [7, 11) is 0. The second-order valence-electron chi connectivity index (χ2n) is 5.73. The SMILES string of the molecule is CCN(CC)c1nc(N)nc(NCCC(C)(C)C)n1. The summed E-state index contributed by atoms with van der Waals surface area (Å²) in [5.41, 5.74) is 6.02. The number of nitrogens with one attached hydrogen (secondary N) is 1. The molecule has 3 N–H and O–H groups in total. The lowest BCUT2D eigenvalue weighted by Crippen LogP contribution is -2.25. The molecule has 1 rings (SSSR count). The van der Waals surface area contributed by atoms with Crippen molar-refractivity contribution in [1.82, 2.24) is 15.0 Å². The quantitative estimate of drug-likeness (QED) is 0.821. The van der Waals surface area contributed by atoms with E-state index in [4.69, 9.17) is 5.73 Å². The Bertz CT molecular complexity index is 395. The van der Waals surface area contributed by atoms with Crippen LogP contribution in [0.2, 0.25) is 0 Å². The van der Waals surface area contributed by atoms with E-state index in [9.17, 15) is 0 Å². The minimum atomic E-state index is 0.259. The van der Waals surface area contributed by atoms with Gasteiger partial charge in [0.05, 0.1) is 0 Å². The van der Waals surface area contributed by atoms with E-state index in [2.05, 4.69) is 54.9 Å². The van der Waals surface area contributed by atoms with Gasteiger partial charge in [-0.2, -0.15) is 15.0 Å². The summed E-state index contributed by atoms with van der Waals surface area (Å²) in [6.07, 6.45) is 1.04. The first kappa shape index (κ1) is 15.5. The van der Waals surface area contributed by atoms with Gasteiger partial charge in [0.15, 0.2) is 0 Å². The lowest BCUT2D eigenvalue weighted by atomic mass is 9.92. The Labute approximate surface area is 115 Å². The van der Waals surface area contributed by atoms with Crippen molar-refractivity contribution in [2.45, 2.75) is 41.0 Å². The highest BCUT2D eigenvalue weighted by Crippen LogP contribution is 2.18. The zero-order valence-electron chi connectivity index (χ0n) is 12.7. The van der Waals surface area contributed by atoms with Crippen molar-refractivity contribution < 1.29 is 0 Å². The molecule has 0 atom stereocenters. The fraction of sp³-hybridized carbons (Fsp3) is 0.769. The normalized spacial score (nSPS) is 11.4. The van der Waals surface area contributed by atoms with Gasteiger partial charge in [-0.1, -0.05) is 20.8 Å². The summed E-state index contributed by atoms with van der Waals surface area (Å²) in [6.45, 7) is 13.3. The Morgan fingerprint density at radius 1 is 1.11 bits per heavy atom. The molecule has 0 unspecified atom stereocenters. The molecule has 0 bridgehead atoms. The molecule has 1 aromatic rings. The first-order valence-electron chi connectivity index (χ1n) is 6.86. The smallest absolute Gasteiger partial charge is 0.231 e. The molecular formula is C13H26N6. The van der Waals surface area contributed by atoms with Crippen LogP contribution in [0.1, 0.15) is 41.0 Å². The van der Waals surface area contributed by atoms with Crippen molar-refractivity contribution in [2.75, 3.05) is 35.6 Å². The third-order valence-electron chi connectivity index (χ3n) is 2.85. The van der Waals surface area contributed by atoms with Gasteiger partial charge in [0, 0.05) is 19.6 Å². The van der Waals surface area contributed by atoms with Crippen molar-refractivity contribution >= 4 is 17.8 Å². The predicted molar refractivity (Wildman–Crippen MR) is 80.4 cm³/mol. The zero-order chi connectivity index (χ0) is 14.5. The van der Waals surface area contributed by atoms with Crippen LogP contribution in [-0.4, -0.2) is 34.6 Å². The number of hydrogen-bond acceptors (Lipinski definition) is 6. The number of nitrogens with zero attached hydrogens (tertiary/aromatic N) is 4. The second-order valence-corrected chi connectivity index (χ2v) is 5.73. The number of nitrogen functional groups attached to an aromatic ring is 1. The third kappa shape index (κ3) is 5.28. The monoisotopic (exact) mass is 266 g/mol. The van der Waals surface area contributed by atoms with E-state index in [0.29, 0.717) is 11.9 Å². The first-order chi connectivity index (χ1) is 8.85. The molecule has 0 aromatic carbocycles. The van der Waals surface area contributed by atoms with Crippen LogP contribution >= 0.6 is 0 Å². The summed E-state index contributed by atoms with van der Waals surface area (Å²) >= 11 is 0. The summed E-state index contributed by atoms with van der Waals surface area (Å²) < 4.78 is 0. The Kier molecular flexibility index (Phi) is 5.32. The van der Waals surface area contributed by atoms with Gasteiger partial charge in [-0.05, 0) is 25.7 Å². The van der Waals surface area contributed by atoms with E-state index in [1.807, 2.05) is 4.90 Å². The molecule has 0 radical (unpaired) electrons. The summed E-state index contributed by atoms with van der Waals surface area (Å²) in [4.78, 5) is 14.8. The van der Waals surface area contributed by atoms with Gasteiger partial charge in [-0.15, -0.1) is 0 Å². The Balaban J connectivity index is 2.74. The molecule has 1 aromatic heterocycles. The maximum absolute atomic E-state index is 5.74. The molecule has 0 aliphatic carbocycles. The molecule has 0 spiro atoms. The molecule has 6 nitrogen and oxygen atoms in total. The molecular weight excluding hydrogens is 240 g/mol. The fourth-order valence-electron chi connectivity index (χ4n) is 1.66. The highest BCUT2D eigenvalue weighted by molar-refractivity contribution is 5.41. The maximum atomic E-state index is 5.74. The van der Waals surface area contributed by atoms with Gasteiger partial charge >= 0.3 is 0 Å². The highest BCUT2D eigenvalue weighted by atomic mass is 15.3. The summed E-state index contributed by atoms with van der Waals surface area (Å²) in [5.74, 6) is 1.45. The predicted octanol–water partition coefficient (Wildman–Crippen LogP) is 2.15. The second kappa shape index (κ2) is 6.54. The molecule has 0 aliphatic heterocycles. The van der Waals surface area contributed by atoms with E-state index in [-0.39, 0.29) is 11.4 Å². The summed E-state index contributed by atoms with van der Waals surface area (Å²) in [5, 5.41) is 3.22. The van der Waals surface area contributed by atoms with E-state index in [1.165, 1.54) is 0 Å². The van der Waals surface area contributed by atoms with Crippen molar-refractivity contribution in [3.8, 4) is 0 Å². The molecule has 0 saturated heterocycles. The molecule has 6 heteroatoms. The molecule has 0 saturated carbocycles. The van der Waals surface area contributed by atoms with E-state index in [0.717, 1.165) is 26.1 Å². The third-order valence-corrected chi connectivity index (χ3v) is 2.85. The minimum Gasteiger partial charge on any atom is -0.368 e. The molecule has 0 fully saturated rings. The lowest BCUT2D eigenvalue weighted by molar-refractivity contribution is 0.389. The first-order valence-corrected chi connectivity index (χ1v) is 6.86. The highest BCUT2D eigenvalue weighted by Gasteiger charge is 2.12. The topological polar surface area (TPSA) is 80.0 Å². The zero-order valence-corrected chi connectivity index (χ0v) is 12.7.